The second kappa shape index (κ2) is 10.9. The second-order valence-electron chi connectivity index (χ2n) is 9.47. The molecule has 1 fully saturated rings. The molecule has 3 aromatic carbocycles. The Bertz CT molecular complexity index is 1490. The molecule has 9 heteroatoms. The maximum absolute atomic E-state index is 12.8. The van der Waals surface area contributed by atoms with Gasteiger partial charge in [0.05, 0.1) is 28.4 Å². The zero-order valence-electron chi connectivity index (χ0n) is 21.1. The topological polar surface area (TPSA) is 115 Å². The fourth-order valence-electron chi connectivity index (χ4n) is 4.82. The lowest BCUT2D eigenvalue weighted by atomic mass is 10.0. The van der Waals surface area contributed by atoms with Crippen LogP contribution in [-0.4, -0.2) is 58.2 Å². The Kier molecular flexibility index (Phi) is 7.19. The van der Waals surface area contributed by atoms with E-state index in [-0.39, 0.29) is 17.5 Å². The molecular weight excluding hydrogens is 482 g/mol. The van der Waals surface area contributed by atoms with Gasteiger partial charge in [0, 0.05) is 41.3 Å². The highest BCUT2D eigenvalue weighted by Gasteiger charge is 2.21. The molecule has 0 spiro atoms. The molecule has 0 atom stereocenters. The summed E-state index contributed by atoms with van der Waals surface area (Å²) in [5.74, 6) is -0.0822. The van der Waals surface area contributed by atoms with E-state index in [2.05, 4.69) is 9.88 Å². The van der Waals surface area contributed by atoms with Crippen LogP contribution in [-0.2, 0) is 4.79 Å². The largest absolute Gasteiger partial charge is 0.494 e. The molecule has 1 saturated heterocycles. The van der Waals surface area contributed by atoms with Crippen molar-refractivity contribution in [2.45, 2.75) is 19.3 Å². The Morgan fingerprint density at radius 1 is 1.05 bits per heavy atom. The first-order valence-corrected chi connectivity index (χ1v) is 12.6. The van der Waals surface area contributed by atoms with E-state index in [1.165, 1.54) is 18.6 Å². The number of hydrogen-bond acceptors (Lipinski definition) is 6. The first kappa shape index (κ1) is 25.2. The molecule has 5 rings (SSSR count). The van der Waals surface area contributed by atoms with Gasteiger partial charge in [-0.25, -0.2) is 4.99 Å². The molecule has 0 bridgehead atoms. The number of nitrogens with zero attached hydrogens (tertiary/aromatic N) is 4. The fourth-order valence-corrected chi connectivity index (χ4v) is 4.82. The van der Waals surface area contributed by atoms with Gasteiger partial charge in [-0.2, -0.15) is 0 Å². The van der Waals surface area contributed by atoms with Crippen molar-refractivity contribution in [1.29, 1.82) is 0 Å². The number of aromatic amines is 1. The zero-order valence-corrected chi connectivity index (χ0v) is 21.1. The highest BCUT2D eigenvalue weighted by molar-refractivity contribution is 6.22. The van der Waals surface area contributed by atoms with Crippen LogP contribution in [0, 0.1) is 10.1 Å². The number of rotatable bonds is 7. The number of amides is 1. The Morgan fingerprint density at radius 2 is 1.76 bits per heavy atom. The van der Waals surface area contributed by atoms with Crippen molar-refractivity contribution in [3.8, 4) is 5.88 Å². The summed E-state index contributed by atoms with van der Waals surface area (Å²) in [5, 5.41) is 22.7. The first-order chi connectivity index (χ1) is 18.4. The van der Waals surface area contributed by atoms with Gasteiger partial charge in [-0.15, -0.1) is 0 Å². The number of carbonyl (C=O) groups excluding carboxylic acids is 1. The summed E-state index contributed by atoms with van der Waals surface area (Å²) in [6, 6.07) is 21.1. The minimum atomic E-state index is -0.464. The van der Waals surface area contributed by atoms with Crippen molar-refractivity contribution in [1.82, 2.24) is 9.88 Å². The number of non-ortho nitro benzene ring substituents is 1. The number of nitro groups is 1. The monoisotopic (exact) mass is 511 g/mol. The number of fused-ring (bicyclic) bond motifs is 1. The van der Waals surface area contributed by atoms with Crippen LogP contribution in [0.4, 0.5) is 17.1 Å². The first-order valence-electron chi connectivity index (χ1n) is 12.6. The third-order valence-corrected chi connectivity index (χ3v) is 6.92. The molecule has 0 radical (unpaired) electrons. The Labute approximate surface area is 220 Å². The number of anilines is 1. The van der Waals surface area contributed by atoms with Crippen molar-refractivity contribution >= 4 is 39.6 Å². The number of piperidine rings is 1. The Hall–Kier alpha value is -4.50. The average molecular weight is 512 g/mol. The molecular formula is C29H29N5O4. The second-order valence-corrected chi connectivity index (χ2v) is 9.47. The normalized spacial score (nSPS) is 14.5. The molecule has 0 unspecified atom stereocenters. The average Bonchev–Trinajstić information content (AvgIpc) is 3.27. The highest BCUT2D eigenvalue weighted by atomic mass is 16.6. The van der Waals surface area contributed by atoms with Gasteiger partial charge in [0.15, 0.2) is 5.88 Å². The SMILES string of the molecule is CN(C(=O)CN1CCCCC1)c1ccc(N=C(c2ccccc2)c2c(O)[nH]c3ccc([N+](=O)[O-])cc23)cc1. The molecule has 38 heavy (non-hydrogen) atoms. The van der Waals surface area contributed by atoms with Crippen LogP contribution in [0.2, 0.25) is 0 Å². The predicted molar refractivity (Wildman–Crippen MR) is 149 cm³/mol. The number of carbonyl (C=O) groups is 1. The molecule has 1 aliphatic heterocycles. The molecule has 0 saturated carbocycles. The van der Waals surface area contributed by atoms with Gasteiger partial charge in [-0.1, -0.05) is 36.8 Å². The van der Waals surface area contributed by atoms with Crippen molar-refractivity contribution in [3.05, 3.63) is 94.0 Å². The summed E-state index contributed by atoms with van der Waals surface area (Å²) >= 11 is 0. The Morgan fingerprint density at radius 3 is 2.45 bits per heavy atom. The van der Waals surface area contributed by atoms with Crippen LogP contribution in [0.5, 0.6) is 5.88 Å². The van der Waals surface area contributed by atoms with E-state index in [0.29, 0.717) is 34.4 Å². The molecule has 2 N–H and O–H groups in total. The third kappa shape index (κ3) is 5.28. The maximum atomic E-state index is 12.8. The summed E-state index contributed by atoms with van der Waals surface area (Å²) in [6.45, 7) is 2.32. The number of nitrogens with one attached hydrogen (secondary N) is 1. The maximum Gasteiger partial charge on any atom is 0.270 e. The van der Waals surface area contributed by atoms with Crippen molar-refractivity contribution < 1.29 is 14.8 Å². The smallest absolute Gasteiger partial charge is 0.270 e. The number of aromatic hydroxyl groups is 1. The van der Waals surface area contributed by atoms with Gasteiger partial charge in [0.25, 0.3) is 5.69 Å². The quantitative estimate of drug-likeness (QED) is 0.196. The van der Waals surface area contributed by atoms with Gasteiger partial charge in [-0.3, -0.25) is 19.8 Å². The van der Waals surface area contributed by atoms with E-state index >= 15 is 0 Å². The molecule has 194 valence electrons. The summed E-state index contributed by atoms with van der Waals surface area (Å²) in [5.41, 5.74) is 3.46. The van der Waals surface area contributed by atoms with Gasteiger partial charge < -0.3 is 15.0 Å². The molecule has 0 aliphatic carbocycles. The van der Waals surface area contributed by atoms with Crippen LogP contribution < -0.4 is 4.90 Å². The lowest BCUT2D eigenvalue weighted by molar-refractivity contribution is -0.384. The predicted octanol–water partition coefficient (Wildman–Crippen LogP) is 5.40. The molecule has 1 amide bonds. The zero-order chi connectivity index (χ0) is 26.6. The molecule has 9 nitrogen and oxygen atoms in total. The molecule has 1 aliphatic rings. The van der Waals surface area contributed by atoms with Crippen molar-refractivity contribution in [3.63, 3.8) is 0 Å². The number of hydrogen-bond donors (Lipinski definition) is 2. The molecule has 4 aromatic rings. The summed E-state index contributed by atoms with van der Waals surface area (Å²) in [7, 11) is 1.77. The Balaban J connectivity index is 1.49. The highest BCUT2D eigenvalue weighted by Crippen LogP contribution is 2.34. The van der Waals surface area contributed by atoms with Crippen LogP contribution >= 0.6 is 0 Å². The van der Waals surface area contributed by atoms with Crippen molar-refractivity contribution in [2.24, 2.45) is 4.99 Å². The van der Waals surface area contributed by atoms with E-state index in [4.69, 9.17) is 4.99 Å². The van der Waals surface area contributed by atoms with Crippen molar-refractivity contribution in [2.75, 3.05) is 31.6 Å². The number of likely N-dealkylation sites (tertiary alicyclic amines) is 1. The number of likely N-dealkylation sites (N-methyl/N-ethyl adjacent to an activating group) is 1. The lowest BCUT2D eigenvalue weighted by Crippen LogP contribution is -2.40. The minimum Gasteiger partial charge on any atom is -0.494 e. The number of aromatic nitrogens is 1. The van der Waals surface area contributed by atoms with Crippen LogP contribution in [0.3, 0.4) is 0 Å². The third-order valence-electron chi connectivity index (χ3n) is 6.92. The van der Waals surface area contributed by atoms with Crippen LogP contribution in [0.25, 0.3) is 10.9 Å². The van der Waals surface area contributed by atoms with Gasteiger partial charge in [-0.05, 0) is 56.3 Å². The van der Waals surface area contributed by atoms with E-state index in [9.17, 15) is 20.0 Å². The summed E-state index contributed by atoms with van der Waals surface area (Å²) < 4.78 is 0. The standard InChI is InChI=1S/C29H29N5O4/c1-32(26(35)19-33-16-6-3-7-17-33)22-12-10-21(11-13-22)30-28(20-8-4-2-5-9-20)27-24-18-23(34(37)38)14-15-25(24)31-29(27)36/h2,4-5,8-15,18,31,36H,3,6-7,16-17,19H2,1H3. The van der Waals surface area contributed by atoms with E-state index in [1.807, 2.05) is 54.6 Å². The van der Waals surface area contributed by atoms with E-state index < -0.39 is 4.92 Å². The van der Waals surface area contributed by atoms with Gasteiger partial charge in [0.2, 0.25) is 5.91 Å². The van der Waals surface area contributed by atoms with E-state index in [0.717, 1.165) is 37.2 Å². The number of H-pyrrole nitrogens is 1. The lowest BCUT2D eigenvalue weighted by Gasteiger charge is -2.28. The number of nitro benzene ring substituents is 1. The minimum absolute atomic E-state index is 0.0402. The summed E-state index contributed by atoms with van der Waals surface area (Å²) in [4.78, 5) is 35.4. The molecule has 1 aromatic heterocycles. The fraction of sp³-hybridized carbons (Fsp3) is 0.241. The van der Waals surface area contributed by atoms with Crippen LogP contribution in [0.1, 0.15) is 30.4 Å². The summed E-state index contributed by atoms with van der Waals surface area (Å²) in [6.07, 6.45) is 3.49. The van der Waals surface area contributed by atoms with E-state index in [1.54, 1.807) is 18.0 Å². The van der Waals surface area contributed by atoms with Crippen LogP contribution in [0.15, 0.2) is 77.8 Å². The molecule has 2 heterocycles. The number of aliphatic imine (C=N–C) groups is 1. The van der Waals surface area contributed by atoms with Gasteiger partial charge in [0.1, 0.15) is 0 Å². The number of benzene rings is 3. The van der Waals surface area contributed by atoms with Gasteiger partial charge >= 0.3 is 0 Å².